The molecule has 0 bridgehead atoms. The zero-order valence-corrected chi connectivity index (χ0v) is 16.4. The molecule has 1 aromatic carbocycles. The Hall–Kier alpha value is -3.10. The van der Waals surface area contributed by atoms with Crippen LogP contribution in [0.3, 0.4) is 0 Å². The van der Waals surface area contributed by atoms with Crippen molar-refractivity contribution in [1.29, 1.82) is 0 Å². The molecular formula is C19H26N6O3. The Morgan fingerprint density at radius 3 is 2.54 bits per heavy atom. The van der Waals surface area contributed by atoms with Crippen LogP contribution < -0.4 is 11.1 Å². The minimum Gasteiger partial charge on any atom is -0.379 e. The molecule has 1 saturated heterocycles. The molecule has 3 N–H and O–H groups in total. The van der Waals surface area contributed by atoms with Gasteiger partial charge in [-0.3, -0.25) is 4.79 Å². The third kappa shape index (κ3) is 4.24. The van der Waals surface area contributed by atoms with Crippen LogP contribution in [0.2, 0.25) is 0 Å². The van der Waals surface area contributed by atoms with E-state index < -0.39 is 0 Å². The summed E-state index contributed by atoms with van der Waals surface area (Å²) in [6.07, 6.45) is 0.654. The van der Waals surface area contributed by atoms with E-state index in [2.05, 4.69) is 34.1 Å². The summed E-state index contributed by atoms with van der Waals surface area (Å²) in [5, 5.41) is 9.98. The number of nitrogens with two attached hydrogens (primary N) is 1. The first-order chi connectivity index (χ1) is 13.4. The van der Waals surface area contributed by atoms with Crippen LogP contribution in [0.5, 0.6) is 0 Å². The molecule has 2 heterocycles. The zero-order valence-electron chi connectivity index (χ0n) is 16.4. The lowest BCUT2D eigenvalue weighted by molar-refractivity contribution is 0.0734. The third-order valence-electron chi connectivity index (χ3n) is 4.94. The van der Waals surface area contributed by atoms with Crippen LogP contribution in [0.15, 0.2) is 28.9 Å². The van der Waals surface area contributed by atoms with Gasteiger partial charge < -0.3 is 20.9 Å². The molecule has 3 amide bonds. The second kappa shape index (κ2) is 8.28. The molecule has 9 heteroatoms. The van der Waals surface area contributed by atoms with E-state index in [1.807, 2.05) is 31.2 Å². The SMILES string of the molecule is CC(C)c1ccc(NC(=O)N2CCCN(C(=O)c3nonc3N)C[C@@H]2C)cc1. The van der Waals surface area contributed by atoms with Gasteiger partial charge in [0, 0.05) is 31.4 Å². The van der Waals surface area contributed by atoms with Gasteiger partial charge in [0.1, 0.15) is 0 Å². The van der Waals surface area contributed by atoms with Crippen LogP contribution >= 0.6 is 0 Å². The summed E-state index contributed by atoms with van der Waals surface area (Å²) < 4.78 is 4.52. The number of carbonyl (C=O) groups excluding carboxylic acids is 2. The van der Waals surface area contributed by atoms with Gasteiger partial charge in [0.15, 0.2) is 0 Å². The predicted molar refractivity (Wildman–Crippen MR) is 105 cm³/mol. The van der Waals surface area contributed by atoms with Crippen molar-refractivity contribution in [3.05, 3.63) is 35.5 Å². The van der Waals surface area contributed by atoms with Crippen LogP contribution in [0.4, 0.5) is 16.3 Å². The number of nitrogens with zero attached hydrogens (tertiary/aromatic N) is 4. The Kier molecular flexibility index (Phi) is 5.81. The number of nitrogens with one attached hydrogen (secondary N) is 1. The molecule has 3 rings (SSSR count). The standard InChI is InChI=1S/C19H26N6O3/c1-12(2)14-5-7-15(8-6-14)21-19(27)25-10-4-9-24(11-13(25)3)18(26)16-17(20)23-28-22-16/h5-8,12-13H,4,9-11H2,1-3H3,(H2,20,23)(H,21,27)/t13-/m0/s1. The van der Waals surface area contributed by atoms with E-state index in [0.717, 1.165) is 5.69 Å². The summed E-state index contributed by atoms with van der Waals surface area (Å²) in [7, 11) is 0. The average molecular weight is 386 g/mol. The maximum atomic E-state index is 12.8. The minimum absolute atomic E-state index is 0.00958. The number of carbonyl (C=O) groups is 2. The number of hydrogen-bond acceptors (Lipinski definition) is 6. The van der Waals surface area contributed by atoms with Crippen molar-refractivity contribution in [3.63, 3.8) is 0 Å². The first kappa shape index (κ1) is 19.7. The van der Waals surface area contributed by atoms with Crippen molar-refractivity contribution >= 4 is 23.4 Å². The highest BCUT2D eigenvalue weighted by atomic mass is 16.6. The van der Waals surface area contributed by atoms with Crippen LogP contribution in [0.25, 0.3) is 0 Å². The molecule has 1 aliphatic rings. The average Bonchev–Trinajstić information content (AvgIpc) is 2.99. The number of anilines is 2. The Balaban J connectivity index is 1.64. The third-order valence-corrected chi connectivity index (χ3v) is 4.94. The lowest BCUT2D eigenvalue weighted by atomic mass is 10.0. The van der Waals surface area contributed by atoms with Crippen molar-refractivity contribution in [1.82, 2.24) is 20.1 Å². The van der Waals surface area contributed by atoms with Crippen molar-refractivity contribution in [3.8, 4) is 0 Å². The van der Waals surface area contributed by atoms with Gasteiger partial charge in [-0.05, 0) is 47.3 Å². The van der Waals surface area contributed by atoms with E-state index in [1.54, 1.807) is 9.80 Å². The number of benzene rings is 1. The zero-order chi connectivity index (χ0) is 20.3. The quantitative estimate of drug-likeness (QED) is 0.837. The maximum Gasteiger partial charge on any atom is 0.322 e. The summed E-state index contributed by atoms with van der Waals surface area (Å²) in [5.74, 6) is 0.0753. The largest absolute Gasteiger partial charge is 0.379 e. The summed E-state index contributed by atoms with van der Waals surface area (Å²) >= 11 is 0. The second-order valence-electron chi connectivity index (χ2n) is 7.35. The highest BCUT2D eigenvalue weighted by Gasteiger charge is 2.30. The predicted octanol–water partition coefficient (Wildman–Crippen LogP) is 2.54. The van der Waals surface area contributed by atoms with E-state index in [1.165, 1.54) is 5.56 Å². The fourth-order valence-corrected chi connectivity index (χ4v) is 3.29. The summed E-state index contributed by atoms with van der Waals surface area (Å²) in [4.78, 5) is 28.7. The first-order valence-corrected chi connectivity index (χ1v) is 9.41. The molecule has 9 nitrogen and oxygen atoms in total. The molecule has 0 spiro atoms. The summed E-state index contributed by atoms with van der Waals surface area (Å²) in [6.45, 7) is 7.60. The summed E-state index contributed by atoms with van der Waals surface area (Å²) in [5.41, 5.74) is 7.60. The van der Waals surface area contributed by atoms with Gasteiger partial charge in [-0.25, -0.2) is 9.42 Å². The number of urea groups is 1. The van der Waals surface area contributed by atoms with Crippen molar-refractivity contribution in [2.45, 2.75) is 39.2 Å². The number of amides is 3. The number of rotatable bonds is 3. The van der Waals surface area contributed by atoms with Gasteiger partial charge in [-0.15, -0.1) is 0 Å². The fourth-order valence-electron chi connectivity index (χ4n) is 3.29. The molecule has 150 valence electrons. The van der Waals surface area contributed by atoms with Crippen LogP contribution in [-0.4, -0.2) is 57.7 Å². The smallest absolute Gasteiger partial charge is 0.322 e. The molecule has 0 aliphatic carbocycles. The van der Waals surface area contributed by atoms with Gasteiger partial charge in [0.2, 0.25) is 11.5 Å². The van der Waals surface area contributed by atoms with E-state index >= 15 is 0 Å². The van der Waals surface area contributed by atoms with Crippen LogP contribution in [0, 0.1) is 0 Å². The number of aromatic nitrogens is 2. The highest BCUT2D eigenvalue weighted by molar-refractivity contribution is 5.96. The molecule has 1 fully saturated rings. The van der Waals surface area contributed by atoms with E-state index in [4.69, 9.17) is 5.73 Å². The molecule has 2 aromatic rings. The van der Waals surface area contributed by atoms with Gasteiger partial charge in [-0.1, -0.05) is 26.0 Å². The van der Waals surface area contributed by atoms with Crippen molar-refractivity contribution < 1.29 is 14.2 Å². The maximum absolute atomic E-state index is 12.8. The lowest BCUT2D eigenvalue weighted by Crippen LogP contribution is -2.45. The molecule has 0 saturated carbocycles. The van der Waals surface area contributed by atoms with Crippen LogP contribution in [0.1, 0.15) is 49.2 Å². The molecule has 1 atom stereocenters. The Morgan fingerprint density at radius 1 is 1.21 bits per heavy atom. The highest BCUT2D eigenvalue weighted by Crippen LogP contribution is 2.19. The van der Waals surface area contributed by atoms with Crippen molar-refractivity contribution in [2.75, 3.05) is 30.7 Å². The molecule has 1 aromatic heterocycles. The molecular weight excluding hydrogens is 360 g/mol. The number of nitrogen functional groups attached to an aromatic ring is 1. The van der Waals surface area contributed by atoms with Gasteiger partial charge >= 0.3 is 6.03 Å². The van der Waals surface area contributed by atoms with Crippen molar-refractivity contribution in [2.24, 2.45) is 0 Å². The molecule has 28 heavy (non-hydrogen) atoms. The molecule has 0 radical (unpaired) electrons. The topological polar surface area (TPSA) is 118 Å². The molecule has 0 unspecified atom stereocenters. The fraction of sp³-hybridized carbons (Fsp3) is 0.474. The Labute approximate surface area is 163 Å². The van der Waals surface area contributed by atoms with E-state index in [-0.39, 0.29) is 29.5 Å². The van der Waals surface area contributed by atoms with Gasteiger partial charge in [-0.2, -0.15) is 0 Å². The Morgan fingerprint density at radius 2 is 1.93 bits per heavy atom. The summed E-state index contributed by atoms with van der Waals surface area (Å²) in [6, 6.07) is 7.51. The van der Waals surface area contributed by atoms with Gasteiger partial charge in [0.25, 0.3) is 5.91 Å². The van der Waals surface area contributed by atoms with E-state index in [9.17, 15) is 9.59 Å². The van der Waals surface area contributed by atoms with Gasteiger partial charge in [0.05, 0.1) is 0 Å². The second-order valence-corrected chi connectivity index (χ2v) is 7.35. The first-order valence-electron chi connectivity index (χ1n) is 9.41. The van der Waals surface area contributed by atoms with E-state index in [0.29, 0.717) is 32.0 Å². The number of hydrogen-bond donors (Lipinski definition) is 2. The Bertz CT molecular complexity index is 832. The molecule has 1 aliphatic heterocycles. The minimum atomic E-state index is -0.336. The monoisotopic (exact) mass is 386 g/mol. The normalized spacial score (nSPS) is 17.5. The van der Waals surface area contributed by atoms with Crippen LogP contribution in [-0.2, 0) is 0 Å². The lowest BCUT2D eigenvalue weighted by Gasteiger charge is -2.29.